The smallest absolute Gasteiger partial charge is 0.307 e. The molecule has 9 heteroatoms. The second-order valence-corrected chi connectivity index (χ2v) is 6.48. The van der Waals surface area contributed by atoms with Gasteiger partial charge in [0.1, 0.15) is 5.52 Å². The van der Waals surface area contributed by atoms with Gasteiger partial charge >= 0.3 is 5.97 Å². The lowest BCUT2D eigenvalue weighted by atomic mass is 10.2. The van der Waals surface area contributed by atoms with Crippen LogP contribution in [-0.4, -0.2) is 33.7 Å². The molecule has 0 aliphatic heterocycles. The first-order valence-electron chi connectivity index (χ1n) is 7.77. The monoisotopic (exact) mass is 359 g/mol. The van der Waals surface area contributed by atoms with E-state index in [4.69, 9.17) is 4.74 Å². The molecule has 0 radical (unpaired) electrons. The molecule has 0 aliphatic carbocycles. The van der Waals surface area contributed by atoms with E-state index in [2.05, 4.69) is 20.4 Å². The van der Waals surface area contributed by atoms with E-state index in [-0.39, 0.29) is 31.0 Å². The van der Waals surface area contributed by atoms with Crippen molar-refractivity contribution in [1.82, 2.24) is 15.1 Å². The number of hydrogen-bond acceptors (Lipinski definition) is 8. The molecular formula is C16H17N5O3S. The quantitative estimate of drug-likeness (QED) is 0.408. The Hall–Kier alpha value is -2.81. The molecule has 0 bridgehead atoms. The van der Waals surface area contributed by atoms with Crippen LogP contribution in [0.3, 0.4) is 0 Å². The summed E-state index contributed by atoms with van der Waals surface area (Å²) in [7, 11) is 0. The number of nitrogens with zero attached hydrogens (tertiary/aromatic N) is 4. The third kappa shape index (κ3) is 4.18. The standard InChI is InChI=1S/C16H17N5O3S/c1-10(2)24-15(22)5-6-18-16-19-12-7-11(14-8-17-9-25-14)3-4-13(12)21(23)20-16/h3-4,7-10H,5-6H2,1-2H3,(H,18,19,20). The predicted molar refractivity (Wildman–Crippen MR) is 93.9 cm³/mol. The number of carbonyl (C=O) groups is 1. The summed E-state index contributed by atoms with van der Waals surface area (Å²) in [6.07, 6.45) is 1.77. The van der Waals surface area contributed by atoms with Crippen molar-refractivity contribution < 1.29 is 14.4 Å². The fourth-order valence-corrected chi connectivity index (χ4v) is 2.86. The van der Waals surface area contributed by atoms with Crippen molar-refractivity contribution in [2.24, 2.45) is 0 Å². The number of aromatic nitrogens is 4. The lowest BCUT2D eigenvalue weighted by molar-refractivity contribution is -0.641. The van der Waals surface area contributed by atoms with Crippen molar-refractivity contribution in [3.8, 4) is 10.4 Å². The predicted octanol–water partition coefficient (Wildman–Crippen LogP) is 2.14. The van der Waals surface area contributed by atoms with Crippen molar-refractivity contribution in [1.29, 1.82) is 0 Å². The van der Waals surface area contributed by atoms with Gasteiger partial charge < -0.3 is 15.3 Å². The largest absolute Gasteiger partial charge is 0.594 e. The Labute approximate surface area is 148 Å². The molecule has 0 atom stereocenters. The highest BCUT2D eigenvalue weighted by molar-refractivity contribution is 7.13. The van der Waals surface area contributed by atoms with Crippen LogP contribution in [0.2, 0.25) is 0 Å². The maximum absolute atomic E-state index is 12.1. The molecule has 3 aromatic rings. The molecule has 0 saturated heterocycles. The van der Waals surface area contributed by atoms with Gasteiger partial charge in [-0.25, -0.2) is 4.98 Å². The third-order valence-electron chi connectivity index (χ3n) is 3.29. The number of hydrogen-bond donors (Lipinski definition) is 1. The molecule has 0 saturated carbocycles. The number of ether oxygens (including phenoxy) is 1. The second kappa shape index (κ2) is 7.39. The van der Waals surface area contributed by atoms with E-state index in [1.54, 1.807) is 31.6 Å². The summed E-state index contributed by atoms with van der Waals surface area (Å²) < 4.78 is 5.05. The molecule has 1 N–H and O–H groups in total. The summed E-state index contributed by atoms with van der Waals surface area (Å²) >= 11 is 1.51. The van der Waals surface area contributed by atoms with Crippen LogP contribution in [0, 0.1) is 5.21 Å². The molecule has 0 amide bonds. The first-order chi connectivity index (χ1) is 12.0. The SMILES string of the molecule is CC(C)OC(=O)CCNc1nc2cc(-c3cncs3)ccc2[n+]([O-])n1. The Morgan fingerprint density at radius 3 is 3.00 bits per heavy atom. The van der Waals surface area contributed by atoms with Crippen LogP contribution in [0.1, 0.15) is 20.3 Å². The van der Waals surface area contributed by atoms with Gasteiger partial charge in [-0.05, 0) is 36.4 Å². The van der Waals surface area contributed by atoms with Gasteiger partial charge in [-0.1, -0.05) is 0 Å². The number of benzene rings is 1. The van der Waals surface area contributed by atoms with E-state index in [0.29, 0.717) is 15.9 Å². The van der Waals surface area contributed by atoms with Gasteiger partial charge in [0.25, 0.3) is 11.5 Å². The Bertz CT molecular complexity index is 883. The minimum Gasteiger partial charge on any atom is -0.594 e. The summed E-state index contributed by atoms with van der Waals surface area (Å²) in [6, 6.07) is 5.33. The average molecular weight is 359 g/mol. The van der Waals surface area contributed by atoms with Gasteiger partial charge in [0, 0.05) is 18.8 Å². The molecule has 0 aliphatic rings. The maximum Gasteiger partial charge on any atom is 0.307 e. The van der Waals surface area contributed by atoms with Crippen molar-refractivity contribution >= 4 is 34.3 Å². The van der Waals surface area contributed by atoms with E-state index < -0.39 is 0 Å². The summed E-state index contributed by atoms with van der Waals surface area (Å²) in [5.74, 6) is -0.146. The van der Waals surface area contributed by atoms with Crippen molar-refractivity contribution in [3.05, 3.63) is 35.1 Å². The second-order valence-electron chi connectivity index (χ2n) is 5.59. The van der Waals surface area contributed by atoms with Gasteiger partial charge in [0.05, 0.1) is 28.0 Å². The molecule has 2 aromatic heterocycles. The molecule has 1 aromatic carbocycles. The number of thiazole rings is 1. The van der Waals surface area contributed by atoms with Crippen LogP contribution >= 0.6 is 11.3 Å². The summed E-state index contributed by atoms with van der Waals surface area (Å²) in [5.41, 5.74) is 3.57. The van der Waals surface area contributed by atoms with E-state index in [1.165, 1.54) is 11.3 Å². The number of nitrogens with one attached hydrogen (secondary N) is 1. The highest BCUT2D eigenvalue weighted by Crippen LogP contribution is 2.25. The first kappa shape index (κ1) is 17.0. The average Bonchev–Trinajstić information content (AvgIpc) is 3.08. The summed E-state index contributed by atoms with van der Waals surface area (Å²) in [6.45, 7) is 3.86. The zero-order chi connectivity index (χ0) is 17.8. The van der Waals surface area contributed by atoms with Crippen LogP contribution in [0.25, 0.3) is 21.5 Å². The van der Waals surface area contributed by atoms with Gasteiger partial charge in [-0.2, -0.15) is 0 Å². The number of carbonyl (C=O) groups excluding carboxylic acids is 1. The third-order valence-corrected chi connectivity index (χ3v) is 4.11. The molecule has 3 rings (SSSR count). The zero-order valence-electron chi connectivity index (χ0n) is 13.8. The van der Waals surface area contributed by atoms with Crippen LogP contribution in [0.15, 0.2) is 29.9 Å². The van der Waals surface area contributed by atoms with Crippen molar-refractivity contribution in [3.63, 3.8) is 0 Å². The molecule has 8 nitrogen and oxygen atoms in total. The van der Waals surface area contributed by atoms with Gasteiger partial charge in [0.2, 0.25) is 0 Å². The van der Waals surface area contributed by atoms with E-state index in [0.717, 1.165) is 10.4 Å². The Morgan fingerprint density at radius 2 is 2.28 bits per heavy atom. The molecule has 130 valence electrons. The van der Waals surface area contributed by atoms with E-state index in [9.17, 15) is 10.0 Å². The molecule has 0 spiro atoms. The number of fused-ring (bicyclic) bond motifs is 1. The van der Waals surface area contributed by atoms with Crippen LogP contribution in [-0.2, 0) is 9.53 Å². The maximum atomic E-state index is 12.1. The van der Waals surface area contributed by atoms with Crippen molar-refractivity contribution in [2.75, 3.05) is 11.9 Å². The lowest BCUT2D eigenvalue weighted by Gasteiger charge is -2.08. The van der Waals surface area contributed by atoms with E-state index in [1.807, 2.05) is 12.1 Å². The molecule has 2 heterocycles. The normalized spacial score (nSPS) is 11.0. The summed E-state index contributed by atoms with van der Waals surface area (Å²) in [5, 5.41) is 18.8. The van der Waals surface area contributed by atoms with Crippen LogP contribution in [0.4, 0.5) is 5.95 Å². The van der Waals surface area contributed by atoms with Crippen LogP contribution < -0.4 is 10.2 Å². The molecule has 0 unspecified atom stereocenters. The van der Waals surface area contributed by atoms with Crippen molar-refractivity contribution in [2.45, 2.75) is 26.4 Å². The van der Waals surface area contributed by atoms with Gasteiger partial charge in [0.15, 0.2) is 0 Å². The number of esters is 1. The number of anilines is 1. The molecule has 25 heavy (non-hydrogen) atoms. The minimum absolute atomic E-state index is 0.154. The number of rotatable bonds is 6. The highest BCUT2D eigenvalue weighted by Gasteiger charge is 2.13. The highest BCUT2D eigenvalue weighted by atomic mass is 32.1. The van der Waals surface area contributed by atoms with E-state index >= 15 is 0 Å². The first-order valence-corrected chi connectivity index (χ1v) is 8.65. The Balaban J connectivity index is 1.76. The lowest BCUT2D eigenvalue weighted by Crippen LogP contribution is -2.33. The Morgan fingerprint density at radius 1 is 1.44 bits per heavy atom. The Kier molecular flexibility index (Phi) is 5.03. The van der Waals surface area contributed by atoms with Gasteiger partial charge in [-0.3, -0.25) is 9.78 Å². The topological polar surface area (TPSA) is 104 Å². The fraction of sp³-hybridized carbons (Fsp3) is 0.312. The molecule has 0 fully saturated rings. The molecular weight excluding hydrogens is 342 g/mol. The summed E-state index contributed by atoms with van der Waals surface area (Å²) in [4.78, 5) is 21.4. The fourth-order valence-electron chi connectivity index (χ4n) is 2.24. The van der Waals surface area contributed by atoms with Crippen LogP contribution in [0.5, 0.6) is 0 Å². The minimum atomic E-state index is -0.314. The van der Waals surface area contributed by atoms with Gasteiger partial charge in [-0.15, -0.1) is 11.3 Å². The zero-order valence-corrected chi connectivity index (χ0v) is 14.6.